The van der Waals surface area contributed by atoms with Crippen LogP contribution in [0.5, 0.6) is 0 Å². The first-order chi connectivity index (χ1) is 30.1. The number of sulfonamides is 1. The molecule has 6 aromatic rings. The molecular weight excluding hydrogens is 899 g/mol. The average Bonchev–Trinajstić information content (AvgIpc) is 3.84. The number of morpholine rings is 1. The van der Waals surface area contributed by atoms with Gasteiger partial charge in [-0.25, -0.2) is 31.0 Å². The number of benzene rings is 3. The Balaban J connectivity index is 1.38. The van der Waals surface area contributed by atoms with Crippen LogP contribution in [0.1, 0.15) is 67.9 Å². The minimum absolute atomic E-state index is 0.0468. The number of nitrogens with one attached hydrogen (secondary N) is 2. The Morgan fingerprint density at radius 3 is 2.28 bits per heavy atom. The second-order valence-corrected chi connectivity index (χ2v) is 18.2. The first kappa shape index (κ1) is 44.9. The Morgan fingerprint density at radius 1 is 0.969 bits per heavy atom. The summed E-state index contributed by atoms with van der Waals surface area (Å²) in [7, 11) is -4.18. The van der Waals surface area contributed by atoms with Crippen molar-refractivity contribution in [3.8, 4) is 5.69 Å². The van der Waals surface area contributed by atoms with E-state index in [1.807, 2.05) is 18.7 Å². The first-order valence-corrected chi connectivity index (χ1v) is 22.2. The van der Waals surface area contributed by atoms with Crippen LogP contribution in [0.25, 0.3) is 27.5 Å². The number of nitrogens with zero attached hydrogens (tertiary/aromatic N) is 7. The van der Waals surface area contributed by atoms with Gasteiger partial charge in [-0.15, -0.1) is 0 Å². The van der Waals surface area contributed by atoms with Gasteiger partial charge in [-0.2, -0.15) is 23.4 Å². The van der Waals surface area contributed by atoms with Crippen LogP contribution in [-0.2, 0) is 39.1 Å². The molecule has 8 rings (SSSR count). The molecule has 14 nitrogen and oxygen atoms in total. The van der Waals surface area contributed by atoms with Crippen LogP contribution in [-0.4, -0.2) is 81.2 Å². The summed E-state index contributed by atoms with van der Waals surface area (Å²) in [6.07, 6.45) is -6.64. The molecule has 2 fully saturated rings. The van der Waals surface area contributed by atoms with Crippen LogP contribution in [0.15, 0.2) is 59.4 Å². The maximum absolute atomic E-state index is 15.1. The Hall–Kier alpha value is -5.74. The van der Waals surface area contributed by atoms with Crippen LogP contribution in [0.3, 0.4) is 0 Å². The highest BCUT2D eigenvalue weighted by atomic mass is 35.5. The first-order valence-electron chi connectivity index (χ1n) is 19.9. The van der Waals surface area contributed by atoms with Crippen LogP contribution in [0.2, 0.25) is 5.02 Å². The monoisotopic (exact) mass is 937 g/mol. The van der Waals surface area contributed by atoms with Gasteiger partial charge in [0.25, 0.3) is 12.0 Å². The zero-order valence-electron chi connectivity index (χ0n) is 34.1. The molecule has 23 heteroatoms. The van der Waals surface area contributed by atoms with Gasteiger partial charge in [-0.3, -0.25) is 28.2 Å². The van der Waals surface area contributed by atoms with E-state index in [1.54, 1.807) is 12.1 Å². The lowest BCUT2D eigenvalue weighted by Crippen LogP contribution is -2.45. The van der Waals surface area contributed by atoms with Crippen molar-refractivity contribution in [2.45, 2.75) is 83.0 Å². The third-order valence-electron chi connectivity index (χ3n) is 10.7. The van der Waals surface area contributed by atoms with E-state index in [-0.39, 0.29) is 56.5 Å². The number of aromatic nitrogens is 6. The van der Waals surface area contributed by atoms with Gasteiger partial charge in [0.15, 0.2) is 5.82 Å². The van der Waals surface area contributed by atoms with Crippen molar-refractivity contribution in [1.29, 1.82) is 0 Å². The topological polar surface area (TPSA) is 158 Å². The molecule has 1 amide bonds. The van der Waals surface area contributed by atoms with Gasteiger partial charge >= 0.3 is 6.18 Å². The van der Waals surface area contributed by atoms with E-state index < -0.39 is 88.3 Å². The predicted molar refractivity (Wildman–Crippen MR) is 222 cm³/mol. The van der Waals surface area contributed by atoms with E-state index in [9.17, 15) is 43.9 Å². The molecule has 64 heavy (non-hydrogen) atoms. The number of halogens is 8. The van der Waals surface area contributed by atoms with Gasteiger partial charge in [0, 0.05) is 42.9 Å². The molecular formula is C41H39ClF7N9O5S. The number of hydrogen-bond acceptors (Lipinski definition) is 9. The van der Waals surface area contributed by atoms with Gasteiger partial charge < -0.3 is 15.0 Å². The van der Waals surface area contributed by atoms with Gasteiger partial charge in [0.05, 0.1) is 57.0 Å². The minimum atomic E-state index is -4.95. The summed E-state index contributed by atoms with van der Waals surface area (Å²) in [5.74, 6) is -3.92. The largest absolute Gasteiger partial charge is 0.408 e. The van der Waals surface area contributed by atoms with Gasteiger partial charge in [0.1, 0.15) is 36.2 Å². The quantitative estimate of drug-likeness (QED) is 0.113. The second-order valence-electron chi connectivity index (χ2n) is 16.1. The standard InChI is InChI=1S/C41H39ClF7N9O5S/c1-20-16-55(17-21(2)63-20)26-6-7-27-29(14-26)51-39(58(40(27)60)32-9-8-28(42)35-36(32)57(19-41(47,48)49)53-38(35)54-64(3,61)62)31(12-22-10-24(43)13-25(44)11-22)50-34(59)18-56-33(23-4-5-23)15-30(52-56)37(45)46/h6-11,13-15,20-21,23,31,37H,4-5,12,16-19H2,1-3H3,(H,50,59)(H,53,54)/t20-,21+,31-/m0/s1. The lowest BCUT2D eigenvalue weighted by molar-refractivity contribution is -0.141. The molecule has 0 radical (unpaired) electrons. The number of fused-ring (bicyclic) bond motifs is 2. The molecule has 3 aromatic heterocycles. The minimum Gasteiger partial charge on any atom is -0.372 e. The van der Waals surface area contributed by atoms with Crippen LogP contribution >= 0.6 is 11.6 Å². The summed E-state index contributed by atoms with van der Waals surface area (Å²) in [5, 5.41) is 9.98. The summed E-state index contributed by atoms with van der Waals surface area (Å²) < 4.78 is 135. The predicted octanol–water partition coefficient (Wildman–Crippen LogP) is 7.33. The molecule has 1 saturated heterocycles. The van der Waals surface area contributed by atoms with Crippen molar-refractivity contribution >= 4 is 60.8 Å². The molecule has 0 bridgehead atoms. The Kier molecular flexibility index (Phi) is 11.9. The van der Waals surface area contributed by atoms with Crippen molar-refractivity contribution in [2.75, 3.05) is 29.0 Å². The van der Waals surface area contributed by atoms with Gasteiger partial charge in [0.2, 0.25) is 15.9 Å². The summed E-state index contributed by atoms with van der Waals surface area (Å²) >= 11 is 6.56. The molecule has 1 saturated carbocycles. The van der Waals surface area contributed by atoms with Crippen molar-refractivity contribution in [1.82, 2.24) is 34.4 Å². The third kappa shape index (κ3) is 9.67. The normalized spacial score (nSPS) is 17.7. The third-order valence-corrected chi connectivity index (χ3v) is 11.6. The lowest BCUT2D eigenvalue weighted by Gasteiger charge is -2.37. The van der Waals surface area contributed by atoms with Crippen molar-refractivity contribution < 1.29 is 48.7 Å². The molecule has 3 atom stereocenters. The molecule has 2 N–H and O–H groups in total. The number of rotatable bonds is 13. The van der Waals surface area contributed by atoms with E-state index in [1.165, 1.54) is 24.3 Å². The maximum atomic E-state index is 15.1. The van der Waals surface area contributed by atoms with Gasteiger partial charge in [-0.05, 0) is 80.8 Å². The SMILES string of the molecule is C[C@@H]1CN(c2ccc3c(=O)n(-c4ccc(Cl)c5c(NS(C)(=O)=O)nn(CC(F)(F)F)c45)c([C@H](Cc4cc(F)cc(F)c4)NC(=O)Cn4nc(C(F)F)cc4C4CC4)nc3c2)C[C@H](C)O1. The number of anilines is 2. The highest BCUT2D eigenvalue weighted by Crippen LogP contribution is 2.41. The Bertz CT molecular complexity index is 2940. The fraction of sp³-hybridized carbons (Fsp3) is 0.390. The van der Waals surface area contributed by atoms with Crippen LogP contribution < -0.4 is 20.5 Å². The zero-order chi connectivity index (χ0) is 46.0. The zero-order valence-corrected chi connectivity index (χ0v) is 35.7. The maximum Gasteiger partial charge on any atom is 0.408 e. The highest BCUT2D eigenvalue weighted by molar-refractivity contribution is 7.92. The molecule has 2 aliphatic rings. The summed E-state index contributed by atoms with van der Waals surface area (Å²) in [5.41, 5.74) is -1.25. The van der Waals surface area contributed by atoms with Crippen LogP contribution in [0, 0.1) is 11.6 Å². The number of carbonyl (C=O) groups is 1. The average molecular weight is 938 g/mol. The van der Waals surface area contributed by atoms with Gasteiger partial charge in [-0.1, -0.05) is 11.6 Å². The number of amides is 1. The fourth-order valence-electron chi connectivity index (χ4n) is 8.16. The van der Waals surface area contributed by atoms with E-state index in [2.05, 4.69) is 20.2 Å². The van der Waals surface area contributed by atoms with E-state index in [0.717, 1.165) is 27.6 Å². The van der Waals surface area contributed by atoms with Crippen molar-refractivity contribution in [3.63, 3.8) is 0 Å². The molecule has 4 heterocycles. The summed E-state index contributed by atoms with van der Waals surface area (Å²) in [4.78, 5) is 36.1. The molecule has 3 aromatic carbocycles. The number of ether oxygens (including phenoxy) is 1. The fourth-order valence-corrected chi connectivity index (χ4v) is 8.89. The van der Waals surface area contributed by atoms with Crippen molar-refractivity contribution in [2.24, 2.45) is 0 Å². The van der Waals surface area contributed by atoms with Crippen LogP contribution in [0.4, 0.5) is 42.2 Å². The van der Waals surface area contributed by atoms with E-state index in [4.69, 9.17) is 21.3 Å². The second kappa shape index (κ2) is 17.0. The molecule has 0 unspecified atom stereocenters. The molecule has 1 aliphatic heterocycles. The molecule has 1 aliphatic carbocycles. The lowest BCUT2D eigenvalue weighted by atomic mass is 10.0. The summed E-state index contributed by atoms with van der Waals surface area (Å²) in [6, 6.07) is 9.34. The van der Waals surface area contributed by atoms with E-state index in [0.29, 0.717) is 48.1 Å². The summed E-state index contributed by atoms with van der Waals surface area (Å²) in [6.45, 7) is 2.29. The van der Waals surface area contributed by atoms with E-state index >= 15 is 4.79 Å². The highest BCUT2D eigenvalue weighted by Gasteiger charge is 2.35. The molecule has 340 valence electrons. The molecule has 0 spiro atoms. The van der Waals surface area contributed by atoms with Crippen molar-refractivity contribution in [3.05, 3.63) is 104 Å². The smallest absolute Gasteiger partial charge is 0.372 e. The Morgan fingerprint density at radius 2 is 1.66 bits per heavy atom. The number of hydrogen-bond donors (Lipinski definition) is 2. The Labute approximate surface area is 365 Å². The number of carbonyl (C=O) groups excluding carboxylic acids is 1. The number of alkyl halides is 5.